The third-order valence-electron chi connectivity index (χ3n) is 1.87. The Bertz CT molecular complexity index is 419. The average molecular weight is 274 g/mol. The van der Waals surface area contributed by atoms with Crippen LogP contribution in [0.1, 0.15) is 6.92 Å². The summed E-state index contributed by atoms with van der Waals surface area (Å²) in [5.74, 6) is 0.412. The van der Waals surface area contributed by atoms with Crippen molar-refractivity contribution in [2.45, 2.75) is 6.92 Å². The first-order valence-electron chi connectivity index (χ1n) is 5.12. The number of hydrogen-bond acceptors (Lipinski definition) is 2. The molecule has 1 aromatic rings. The van der Waals surface area contributed by atoms with E-state index in [2.05, 4.69) is 5.32 Å². The molecule has 0 spiro atoms. The van der Waals surface area contributed by atoms with Crippen LogP contribution >= 0.6 is 23.2 Å². The van der Waals surface area contributed by atoms with Gasteiger partial charge < -0.3 is 10.1 Å². The lowest BCUT2D eigenvalue weighted by Crippen LogP contribution is -2.26. The molecule has 0 aliphatic carbocycles. The van der Waals surface area contributed by atoms with Gasteiger partial charge in [-0.15, -0.1) is 0 Å². The quantitative estimate of drug-likeness (QED) is 0.662. The van der Waals surface area contributed by atoms with Crippen molar-refractivity contribution < 1.29 is 9.53 Å². The Morgan fingerprint density at radius 3 is 2.88 bits per heavy atom. The lowest BCUT2D eigenvalue weighted by molar-refractivity contribution is -0.116. The van der Waals surface area contributed by atoms with Crippen LogP contribution < -0.4 is 10.1 Å². The molecular weight excluding hydrogens is 261 g/mol. The highest BCUT2D eigenvalue weighted by Crippen LogP contribution is 2.27. The molecule has 0 radical (unpaired) electrons. The van der Waals surface area contributed by atoms with Crippen LogP contribution in [0.4, 0.5) is 0 Å². The van der Waals surface area contributed by atoms with Crippen LogP contribution in [0.3, 0.4) is 0 Å². The second kappa shape index (κ2) is 7.20. The number of benzene rings is 1. The van der Waals surface area contributed by atoms with Gasteiger partial charge in [0, 0.05) is 5.02 Å². The van der Waals surface area contributed by atoms with E-state index in [9.17, 15) is 4.79 Å². The predicted octanol–water partition coefficient (Wildman–Crippen LogP) is 3.06. The van der Waals surface area contributed by atoms with Crippen molar-refractivity contribution in [1.82, 2.24) is 5.32 Å². The van der Waals surface area contributed by atoms with Crippen LogP contribution in [0.2, 0.25) is 10.0 Å². The first-order valence-corrected chi connectivity index (χ1v) is 5.87. The van der Waals surface area contributed by atoms with Crippen LogP contribution in [0.5, 0.6) is 5.75 Å². The van der Waals surface area contributed by atoms with Crippen molar-refractivity contribution >= 4 is 29.1 Å². The van der Waals surface area contributed by atoms with Crippen molar-refractivity contribution in [3.63, 3.8) is 0 Å². The van der Waals surface area contributed by atoms with Crippen LogP contribution in [0.15, 0.2) is 30.4 Å². The molecule has 3 nitrogen and oxygen atoms in total. The van der Waals surface area contributed by atoms with E-state index in [1.165, 1.54) is 6.08 Å². The molecule has 0 atom stereocenters. The fourth-order valence-corrected chi connectivity index (χ4v) is 1.60. The highest BCUT2D eigenvalue weighted by molar-refractivity contribution is 6.35. The van der Waals surface area contributed by atoms with Gasteiger partial charge in [-0.3, -0.25) is 4.79 Å². The zero-order chi connectivity index (χ0) is 12.7. The SMILES string of the molecule is CC=CC(=O)NCCOc1ccc(Cl)cc1Cl. The number of halogens is 2. The topological polar surface area (TPSA) is 38.3 Å². The van der Waals surface area contributed by atoms with E-state index in [1.807, 2.05) is 0 Å². The Morgan fingerprint density at radius 1 is 1.47 bits per heavy atom. The maximum atomic E-state index is 11.1. The van der Waals surface area contributed by atoms with Crippen LogP contribution in [-0.4, -0.2) is 19.1 Å². The Hall–Kier alpha value is -1.19. The van der Waals surface area contributed by atoms with E-state index in [0.29, 0.717) is 28.9 Å². The van der Waals surface area contributed by atoms with Gasteiger partial charge in [0.25, 0.3) is 0 Å². The molecule has 0 saturated heterocycles. The molecule has 0 heterocycles. The van der Waals surface area contributed by atoms with Crippen LogP contribution in [-0.2, 0) is 4.79 Å². The average Bonchev–Trinajstić information content (AvgIpc) is 2.27. The van der Waals surface area contributed by atoms with Gasteiger partial charge in [0.2, 0.25) is 5.91 Å². The van der Waals surface area contributed by atoms with Gasteiger partial charge >= 0.3 is 0 Å². The number of nitrogens with one attached hydrogen (secondary N) is 1. The van der Waals surface area contributed by atoms with E-state index in [-0.39, 0.29) is 5.91 Å². The van der Waals surface area contributed by atoms with Crippen molar-refractivity contribution in [2.24, 2.45) is 0 Å². The summed E-state index contributed by atoms with van der Waals surface area (Å²) in [5.41, 5.74) is 0. The molecule has 17 heavy (non-hydrogen) atoms. The molecule has 1 rings (SSSR count). The van der Waals surface area contributed by atoms with Gasteiger partial charge in [-0.2, -0.15) is 0 Å². The molecule has 0 unspecified atom stereocenters. The lowest BCUT2D eigenvalue weighted by atomic mass is 10.3. The highest BCUT2D eigenvalue weighted by Gasteiger charge is 2.02. The van der Waals surface area contributed by atoms with Gasteiger partial charge in [-0.25, -0.2) is 0 Å². The monoisotopic (exact) mass is 273 g/mol. The normalized spacial score (nSPS) is 10.5. The minimum absolute atomic E-state index is 0.140. The Morgan fingerprint density at radius 2 is 2.24 bits per heavy atom. The molecule has 0 saturated carbocycles. The predicted molar refractivity (Wildman–Crippen MR) is 69.8 cm³/mol. The van der Waals surface area contributed by atoms with Crippen molar-refractivity contribution in [3.8, 4) is 5.75 Å². The molecule has 1 N–H and O–H groups in total. The van der Waals surface area contributed by atoms with E-state index >= 15 is 0 Å². The molecular formula is C12H13Cl2NO2. The summed E-state index contributed by atoms with van der Waals surface area (Å²) >= 11 is 11.7. The second-order valence-electron chi connectivity index (χ2n) is 3.21. The van der Waals surface area contributed by atoms with Crippen LogP contribution in [0.25, 0.3) is 0 Å². The fourth-order valence-electron chi connectivity index (χ4n) is 1.14. The molecule has 92 valence electrons. The van der Waals surface area contributed by atoms with Gasteiger partial charge in [0.15, 0.2) is 0 Å². The zero-order valence-corrected chi connectivity index (χ0v) is 10.9. The molecule has 5 heteroatoms. The maximum Gasteiger partial charge on any atom is 0.243 e. The van der Waals surface area contributed by atoms with Crippen molar-refractivity contribution in [2.75, 3.05) is 13.2 Å². The molecule has 0 aliphatic rings. The van der Waals surface area contributed by atoms with E-state index in [4.69, 9.17) is 27.9 Å². The zero-order valence-electron chi connectivity index (χ0n) is 9.37. The highest BCUT2D eigenvalue weighted by atomic mass is 35.5. The van der Waals surface area contributed by atoms with Crippen LogP contribution in [0, 0.1) is 0 Å². The summed E-state index contributed by atoms with van der Waals surface area (Å²) in [7, 11) is 0. The maximum absolute atomic E-state index is 11.1. The molecule has 1 amide bonds. The first kappa shape index (κ1) is 13.9. The smallest absolute Gasteiger partial charge is 0.243 e. The molecule has 0 aromatic heterocycles. The molecule has 0 aliphatic heterocycles. The van der Waals surface area contributed by atoms with Gasteiger partial charge in [-0.1, -0.05) is 29.3 Å². The largest absolute Gasteiger partial charge is 0.490 e. The Kier molecular flexibility index (Phi) is 5.87. The number of hydrogen-bond donors (Lipinski definition) is 1. The van der Waals surface area contributed by atoms with E-state index in [1.54, 1.807) is 31.2 Å². The summed E-state index contributed by atoms with van der Waals surface area (Å²) < 4.78 is 5.39. The van der Waals surface area contributed by atoms with Gasteiger partial charge in [0.05, 0.1) is 11.6 Å². The first-order chi connectivity index (χ1) is 8.13. The fraction of sp³-hybridized carbons (Fsp3) is 0.250. The standard InChI is InChI=1S/C12H13Cl2NO2/c1-2-3-12(16)15-6-7-17-11-5-4-9(13)8-10(11)14/h2-5,8H,6-7H2,1H3,(H,15,16). The van der Waals surface area contributed by atoms with E-state index in [0.717, 1.165) is 0 Å². The number of carbonyl (C=O) groups is 1. The molecule has 1 aromatic carbocycles. The third-order valence-corrected chi connectivity index (χ3v) is 2.40. The molecule has 0 bridgehead atoms. The summed E-state index contributed by atoms with van der Waals surface area (Å²) in [6.07, 6.45) is 3.13. The van der Waals surface area contributed by atoms with Gasteiger partial charge in [-0.05, 0) is 31.2 Å². The number of rotatable bonds is 5. The second-order valence-corrected chi connectivity index (χ2v) is 4.06. The molecule has 0 fully saturated rings. The number of allylic oxidation sites excluding steroid dienone is 1. The van der Waals surface area contributed by atoms with Crippen molar-refractivity contribution in [1.29, 1.82) is 0 Å². The minimum atomic E-state index is -0.140. The summed E-state index contributed by atoms with van der Waals surface area (Å²) in [5, 5.41) is 3.68. The summed E-state index contributed by atoms with van der Waals surface area (Å²) in [6, 6.07) is 5.00. The summed E-state index contributed by atoms with van der Waals surface area (Å²) in [6.45, 7) is 2.55. The van der Waals surface area contributed by atoms with Crippen molar-refractivity contribution in [3.05, 3.63) is 40.4 Å². The van der Waals surface area contributed by atoms with E-state index < -0.39 is 0 Å². The minimum Gasteiger partial charge on any atom is -0.490 e. The summed E-state index contributed by atoms with van der Waals surface area (Å²) in [4.78, 5) is 11.1. The Balaban J connectivity index is 2.34. The van der Waals surface area contributed by atoms with Gasteiger partial charge in [0.1, 0.15) is 12.4 Å². The third kappa shape index (κ3) is 5.11. The number of amides is 1. The Labute approximate surface area is 110 Å². The number of ether oxygens (including phenoxy) is 1. The number of carbonyl (C=O) groups excluding carboxylic acids is 1. The lowest BCUT2D eigenvalue weighted by Gasteiger charge is -2.08.